The second kappa shape index (κ2) is 3.32. The molecule has 2 aliphatic rings. The number of hydrogen-bond donors (Lipinski definition) is 1. The fourth-order valence-corrected chi connectivity index (χ4v) is 2.19. The molecule has 2 atom stereocenters. The van der Waals surface area contributed by atoms with E-state index in [-0.39, 0.29) is 5.60 Å². The summed E-state index contributed by atoms with van der Waals surface area (Å²) >= 11 is 0. The highest BCUT2D eigenvalue weighted by Crippen LogP contribution is 2.35. The summed E-state index contributed by atoms with van der Waals surface area (Å²) in [7, 11) is 0. The van der Waals surface area contributed by atoms with Crippen LogP contribution in [0.2, 0.25) is 0 Å². The zero-order valence-corrected chi connectivity index (χ0v) is 7.42. The minimum atomic E-state index is 0.0439. The van der Waals surface area contributed by atoms with Crippen LogP contribution in [0.5, 0.6) is 0 Å². The number of hydrogen-bond acceptors (Lipinski definition) is 3. The fraction of sp³-hybridized carbons (Fsp3) is 1.00. The first kappa shape index (κ1) is 8.48. The van der Waals surface area contributed by atoms with Gasteiger partial charge in [-0.3, -0.25) is 0 Å². The third-order valence-electron chi connectivity index (χ3n) is 3.00. The van der Waals surface area contributed by atoms with Gasteiger partial charge in [-0.15, -0.1) is 0 Å². The monoisotopic (exact) mass is 171 g/mol. The van der Waals surface area contributed by atoms with Crippen molar-refractivity contribution in [3.8, 4) is 0 Å². The van der Waals surface area contributed by atoms with Crippen LogP contribution in [-0.4, -0.2) is 32.0 Å². The maximum Gasteiger partial charge on any atom is 0.0939 e. The normalized spacial score (nSPS) is 42.2. The molecule has 2 fully saturated rings. The number of ether oxygens (including phenoxy) is 2. The maximum absolute atomic E-state index is 5.78. The van der Waals surface area contributed by atoms with E-state index in [1.54, 1.807) is 0 Å². The topological polar surface area (TPSA) is 44.5 Å². The molecule has 70 valence electrons. The summed E-state index contributed by atoms with van der Waals surface area (Å²) < 4.78 is 11.1. The molecule has 0 saturated carbocycles. The lowest BCUT2D eigenvalue weighted by Gasteiger charge is -2.36. The van der Waals surface area contributed by atoms with Crippen LogP contribution in [0.1, 0.15) is 19.3 Å². The molecule has 1 spiro atoms. The highest BCUT2D eigenvalue weighted by Gasteiger charge is 2.40. The van der Waals surface area contributed by atoms with Gasteiger partial charge in [0.2, 0.25) is 0 Å². The molecule has 2 N–H and O–H groups in total. The van der Waals surface area contributed by atoms with Gasteiger partial charge in [0.05, 0.1) is 12.2 Å². The summed E-state index contributed by atoms with van der Waals surface area (Å²) in [6, 6.07) is 0. The average Bonchev–Trinajstić information content (AvgIpc) is 2.53. The molecule has 2 aliphatic heterocycles. The molecular weight excluding hydrogens is 154 g/mol. The third kappa shape index (κ3) is 1.49. The lowest BCUT2D eigenvalue weighted by atomic mass is 9.85. The first-order valence-corrected chi connectivity index (χ1v) is 4.76. The Kier molecular flexibility index (Phi) is 2.35. The Balaban J connectivity index is 1.97. The van der Waals surface area contributed by atoms with E-state index in [1.165, 1.54) is 0 Å². The van der Waals surface area contributed by atoms with Gasteiger partial charge in [-0.2, -0.15) is 0 Å². The largest absolute Gasteiger partial charge is 0.378 e. The van der Waals surface area contributed by atoms with E-state index in [4.69, 9.17) is 15.2 Å². The van der Waals surface area contributed by atoms with Gasteiger partial charge in [-0.05, 0) is 25.3 Å². The maximum atomic E-state index is 5.78. The van der Waals surface area contributed by atoms with E-state index in [0.717, 1.165) is 45.6 Å². The summed E-state index contributed by atoms with van der Waals surface area (Å²) in [5.74, 6) is 0.653. The van der Waals surface area contributed by atoms with E-state index in [0.29, 0.717) is 5.92 Å². The summed E-state index contributed by atoms with van der Waals surface area (Å²) in [6.07, 6.45) is 3.28. The smallest absolute Gasteiger partial charge is 0.0939 e. The minimum absolute atomic E-state index is 0.0439. The van der Waals surface area contributed by atoms with Crippen molar-refractivity contribution >= 4 is 0 Å². The second-order valence-corrected chi connectivity index (χ2v) is 3.93. The molecule has 0 aliphatic carbocycles. The van der Waals surface area contributed by atoms with E-state index in [2.05, 4.69) is 0 Å². The Hall–Kier alpha value is -0.120. The van der Waals surface area contributed by atoms with Gasteiger partial charge >= 0.3 is 0 Å². The first-order valence-electron chi connectivity index (χ1n) is 4.76. The summed E-state index contributed by atoms with van der Waals surface area (Å²) in [5.41, 5.74) is 5.70. The lowest BCUT2D eigenvalue weighted by Crippen LogP contribution is -2.42. The van der Waals surface area contributed by atoms with Crippen molar-refractivity contribution in [1.82, 2.24) is 0 Å². The molecule has 0 aromatic heterocycles. The first-order chi connectivity index (χ1) is 5.85. The molecule has 2 rings (SSSR count). The molecule has 3 nitrogen and oxygen atoms in total. The van der Waals surface area contributed by atoms with Crippen molar-refractivity contribution < 1.29 is 9.47 Å². The Bertz CT molecular complexity index is 155. The van der Waals surface area contributed by atoms with Crippen molar-refractivity contribution in [2.24, 2.45) is 11.7 Å². The summed E-state index contributed by atoms with van der Waals surface area (Å²) in [4.78, 5) is 0. The third-order valence-corrected chi connectivity index (χ3v) is 3.00. The molecule has 0 amide bonds. The van der Waals surface area contributed by atoms with Gasteiger partial charge in [0.1, 0.15) is 0 Å². The molecule has 3 heteroatoms. The molecule has 0 unspecified atom stereocenters. The molecule has 2 saturated heterocycles. The summed E-state index contributed by atoms with van der Waals surface area (Å²) in [5, 5.41) is 0. The van der Waals surface area contributed by atoms with Crippen LogP contribution < -0.4 is 5.73 Å². The van der Waals surface area contributed by atoms with Gasteiger partial charge in [-0.1, -0.05) is 0 Å². The van der Waals surface area contributed by atoms with Crippen LogP contribution in [0, 0.1) is 5.92 Å². The van der Waals surface area contributed by atoms with Crippen molar-refractivity contribution in [2.45, 2.75) is 24.9 Å². The van der Waals surface area contributed by atoms with Gasteiger partial charge in [-0.25, -0.2) is 0 Å². The Morgan fingerprint density at radius 2 is 2.33 bits per heavy atom. The van der Waals surface area contributed by atoms with E-state index in [9.17, 15) is 0 Å². The lowest BCUT2D eigenvalue weighted by molar-refractivity contribution is -0.0963. The quantitative estimate of drug-likeness (QED) is 0.626. The van der Waals surface area contributed by atoms with E-state index in [1.807, 2.05) is 0 Å². The number of nitrogens with two attached hydrogens (primary N) is 1. The van der Waals surface area contributed by atoms with Crippen molar-refractivity contribution in [3.05, 3.63) is 0 Å². The molecule has 0 aromatic rings. The standard InChI is InChI=1S/C9H17NO2/c10-6-8-1-3-12-9(5-8)2-4-11-7-9/h8H,1-7,10H2/t8-,9+/m0/s1. The minimum Gasteiger partial charge on any atom is -0.378 e. The van der Waals surface area contributed by atoms with Crippen molar-refractivity contribution in [3.63, 3.8) is 0 Å². The van der Waals surface area contributed by atoms with Crippen molar-refractivity contribution in [2.75, 3.05) is 26.4 Å². The predicted molar refractivity (Wildman–Crippen MR) is 45.9 cm³/mol. The van der Waals surface area contributed by atoms with Crippen LogP contribution in [0.3, 0.4) is 0 Å². The van der Waals surface area contributed by atoms with Crippen LogP contribution in [0.4, 0.5) is 0 Å². The van der Waals surface area contributed by atoms with Crippen LogP contribution in [0.15, 0.2) is 0 Å². The Morgan fingerprint density at radius 3 is 3.00 bits per heavy atom. The molecule has 0 aromatic carbocycles. The molecular formula is C9H17NO2. The van der Waals surface area contributed by atoms with Crippen LogP contribution >= 0.6 is 0 Å². The van der Waals surface area contributed by atoms with Gasteiger partial charge in [0.15, 0.2) is 0 Å². The van der Waals surface area contributed by atoms with Gasteiger partial charge < -0.3 is 15.2 Å². The van der Waals surface area contributed by atoms with Gasteiger partial charge in [0.25, 0.3) is 0 Å². The van der Waals surface area contributed by atoms with Gasteiger partial charge in [0, 0.05) is 19.6 Å². The Morgan fingerprint density at radius 1 is 1.42 bits per heavy atom. The second-order valence-electron chi connectivity index (χ2n) is 3.93. The predicted octanol–water partition coefficient (Wildman–Crippen LogP) is 0.531. The van der Waals surface area contributed by atoms with Crippen LogP contribution in [0.25, 0.3) is 0 Å². The molecule has 0 bridgehead atoms. The van der Waals surface area contributed by atoms with E-state index >= 15 is 0 Å². The van der Waals surface area contributed by atoms with E-state index < -0.39 is 0 Å². The highest BCUT2D eigenvalue weighted by atomic mass is 16.6. The molecule has 12 heavy (non-hydrogen) atoms. The number of rotatable bonds is 1. The molecule has 0 radical (unpaired) electrons. The van der Waals surface area contributed by atoms with Crippen molar-refractivity contribution in [1.29, 1.82) is 0 Å². The summed E-state index contributed by atoms with van der Waals surface area (Å²) in [6.45, 7) is 3.30. The fourth-order valence-electron chi connectivity index (χ4n) is 2.19. The molecule has 2 heterocycles. The average molecular weight is 171 g/mol. The zero-order chi connectivity index (χ0) is 8.44. The zero-order valence-electron chi connectivity index (χ0n) is 7.42. The SMILES string of the molecule is NC[C@H]1CCO[C@]2(CCOC2)C1. The highest BCUT2D eigenvalue weighted by molar-refractivity contribution is 4.90. The Labute approximate surface area is 73.2 Å². The van der Waals surface area contributed by atoms with Crippen LogP contribution in [-0.2, 0) is 9.47 Å².